The first-order valence-electron chi connectivity index (χ1n) is 8.24. The third-order valence-electron chi connectivity index (χ3n) is 5.05. The van der Waals surface area contributed by atoms with E-state index in [-0.39, 0.29) is 5.97 Å². The molecule has 1 atom stereocenters. The summed E-state index contributed by atoms with van der Waals surface area (Å²) in [7, 11) is 0. The monoisotopic (exact) mass is 367 g/mol. The Morgan fingerprint density at radius 2 is 1.96 bits per heavy atom. The van der Waals surface area contributed by atoms with Gasteiger partial charge < -0.3 is 4.74 Å². The SMILES string of the molecule is O=C1OC2(CCCc3sc(-c4ccncc4)cc32)c2ccc(Cl)cc21. The summed E-state index contributed by atoms with van der Waals surface area (Å²) in [5.41, 5.74) is 3.15. The number of aromatic nitrogens is 1. The average Bonchev–Trinajstić information content (AvgIpc) is 3.18. The van der Waals surface area contributed by atoms with Crippen molar-refractivity contribution in [1.82, 2.24) is 4.98 Å². The molecule has 3 aromatic rings. The van der Waals surface area contributed by atoms with Gasteiger partial charge in [-0.25, -0.2) is 4.79 Å². The number of halogens is 1. The van der Waals surface area contributed by atoms with Crippen LogP contribution < -0.4 is 0 Å². The van der Waals surface area contributed by atoms with Crippen LogP contribution in [0.4, 0.5) is 0 Å². The number of benzene rings is 1. The van der Waals surface area contributed by atoms with Crippen LogP contribution in [-0.4, -0.2) is 11.0 Å². The molecule has 0 radical (unpaired) electrons. The highest BCUT2D eigenvalue weighted by Gasteiger charge is 2.50. The van der Waals surface area contributed by atoms with Crippen LogP contribution in [0.3, 0.4) is 0 Å². The Labute approximate surface area is 154 Å². The molecule has 0 saturated carbocycles. The van der Waals surface area contributed by atoms with Gasteiger partial charge in [0.25, 0.3) is 0 Å². The molecule has 5 heteroatoms. The minimum atomic E-state index is -0.660. The highest BCUT2D eigenvalue weighted by atomic mass is 35.5. The van der Waals surface area contributed by atoms with Crippen LogP contribution >= 0.6 is 22.9 Å². The summed E-state index contributed by atoms with van der Waals surface area (Å²) < 4.78 is 5.99. The van der Waals surface area contributed by atoms with Crippen LogP contribution in [-0.2, 0) is 16.8 Å². The van der Waals surface area contributed by atoms with E-state index in [1.54, 1.807) is 29.8 Å². The highest BCUT2D eigenvalue weighted by Crippen LogP contribution is 2.52. The van der Waals surface area contributed by atoms with Crippen molar-refractivity contribution in [3.8, 4) is 10.4 Å². The zero-order chi connectivity index (χ0) is 17.0. The van der Waals surface area contributed by atoms with E-state index >= 15 is 0 Å². The number of esters is 1. The van der Waals surface area contributed by atoms with E-state index in [4.69, 9.17) is 16.3 Å². The maximum Gasteiger partial charge on any atom is 0.339 e. The zero-order valence-electron chi connectivity index (χ0n) is 13.3. The zero-order valence-corrected chi connectivity index (χ0v) is 14.9. The van der Waals surface area contributed by atoms with Crippen molar-refractivity contribution in [2.45, 2.75) is 24.9 Å². The predicted octanol–water partition coefficient (Wildman–Crippen LogP) is 5.21. The Kier molecular flexibility index (Phi) is 3.27. The topological polar surface area (TPSA) is 39.2 Å². The lowest BCUT2D eigenvalue weighted by Gasteiger charge is -2.33. The minimum Gasteiger partial charge on any atom is -0.446 e. The molecule has 1 aliphatic heterocycles. The molecular formula is C20H14ClNO2S. The normalized spacial score (nSPS) is 21.1. The molecule has 1 unspecified atom stereocenters. The first kappa shape index (κ1) is 15.1. The van der Waals surface area contributed by atoms with E-state index in [2.05, 4.69) is 11.1 Å². The lowest BCUT2D eigenvalue weighted by Crippen LogP contribution is -2.31. The maximum absolute atomic E-state index is 12.5. The predicted molar refractivity (Wildman–Crippen MR) is 98.1 cm³/mol. The number of carbonyl (C=O) groups excluding carboxylic acids is 1. The second-order valence-electron chi connectivity index (χ2n) is 6.44. The maximum atomic E-state index is 12.5. The number of ether oxygens (including phenoxy) is 1. The fourth-order valence-corrected chi connectivity index (χ4v) is 5.39. The summed E-state index contributed by atoms with van der Waals surface area (Å²) in [4.78, 5) is 19.1. The quantitative estimate of drug-likeness (QED) is 0.554. The van der Waals surface area contributed by atoms with E-state index in [0.717, 1.165) is 36.0 Å². The number of hydrogen-bond acceptors (Lipinski definition) is 4. The van der Waals surface area contributed by atoms with Gasteiger partial charge in [-0.2, -0.15) is 0 Å². The smallest absolute Gasteiger partial charge is 0.339 e. The van der Waals surface area contributed by atoms with Crippen LogP contribution in [0.25, 0.3) is 10.4 Å². The largest absolute Gasteiger partial charge is 0.446 e. The Bertz CT molecular complexity index is 998. The molecule has 0 fully saturated rings. The number of thiophene rings is 1. The van der Waals surface area contributed by atoms with Crippen LogP contribution in [0.5, 0.6) is 0 Å². The van der Waals surface area contributed by atoms with Crippen molar-refractivity contribution in [1.29, 1.82) is 0 Å². The summed E-state index contributed by atoms with van der Waals surface area (Å²) in [6.45, 7) is 0. The van der Waals surface area contributed by atoms with Crippen molar-refractivity contribution in [2.24, 2.45) is 0 Å². The minimum absolute atomic E-state index is 0.276. The van der Waals surface area contributed by atoms with Gasteiger partial charge in [0.1, 0.15) is 0 Å². The standard InChI is InChI=1S/C20H14ClNO2S/c21-13-3-4-15-14(10-13)19(23)24-20(15)7-1-2-17-16(20)11-18(25-17)12-5-8-22-9-6-12/h3-6,8-11H,1-2,7H2. The van der Waals surface area contributed by atoms with Crippen molar-refractivity contribution in [3.63, 3.8) is 0 Å². The molecule has 1 aliphatic carbocycles. The Morgan fingerprint density at radius 3 is 2.80 bits per heavy atom. The number of nitrogens with zero attached hydrogens (tertiary/aromatic N) is 1. The lowest BCUT2D eigenvalue weighted by molar-refractivity contribution is 0.00411. The Hall–Kier alpha value is -2.17. The van der Waals surface area contributed by atoms with Crippen LogP contribution in [0.15, 0.2) is 48.8 Å². The Morgan fingerprint density at radius 1 is 1.12 bits per heavy atom. The second-order valence-corrected chi connectivity index (χ2v) is 8.02. The molecule has 25 heavy (non-hydrogen) atoms. The molecule has 0 bridgehead atoms. The first-order chi connectivity index (χ1) is 12.2. The fraction of sp³-hybridized carbons (Fsp3) is 0.200. The van der Waals surface area contributed by atoms with E-state index in [0.29, 0.717) is 10.6 Å². The first-order valence-corrected chi connectivity index (χ1v) is 9.44. The Balaban J connectivity index is 1.70. The summed E-state index contributed by atoms with van der Waals surface area (Å²) >= 11 is 7.87. The van der Waals surface area contributed by atoms with E-state index in [1.165, 1.54) is 9.75 Å². The van der Waals surface area contributed by atoms with E-state index in [1.807, 2.05) is 24.3 Å². The second kappa shape index (κ2) is 5.41. The molecule has 5 rings (SSSR count). The van der Waals surface area contributed by atoms with Gasteiger partial charge in [0.15, 0.2) is 5.60 Å². The lowest BCUT2D eigenvalue weighted by atomic mass is 9.78. The van der Waals surface area contributed by atoms with Gasteiger partial charge >= 0.3 is 5.97 Å². The number of rotatable bonds is 1. The van der Waals surface area contributed by atoms with Gasteiger partial charge in [-0.05, 0) is 55.2 Å². The summed E-state index contributed by atoms with van der Waals surface area (Å²) in [5, 5.41) is 0.562. The summed E-state index contributed by atoms with van der Waals surface area (Å²) in [5.74, 6) is -0.276. The van der Waals surface area contributed by atoms with Gasteiger partial charge in [0.05, 0.1) is 5.56 Å². The van der Waals surface area contributed by atoms with E-state index in [9.17, 15) is 4.79 Å². The van der Waals surface area contributed by atoms with Gasteiger partial charge in [-0.3, -0.25) is 4.98 Å². The molecule has 1 spiro atoms. The van der Waals surface area contributed by atoms with Gasteiger partial charge in [-0.15, -0.1) is 11.3 Å². The number of carbonyl (C=O) groups is 1. The molecule has 0 saturated heterocycles. The van der Waals surface area contributed by atoms with Gasteiger partial charge in [-0.1, -0.05) is 17.7 Å². The van der Waals surface area contributed by atoms with Crippen molar-refractivity contribution in [2.75, 3.05) is 0 Å². The number of pyridine rings is 1. The molecule has 3 heterocycles. The molecule has 3 nitrogen and oxygen atoms in total. The molecule has 2 aromatic heterocycles. The molecule has 0 amide bonds. The molecule has 1 aromatic carbocycles. The average molecular weight is 368 g/mol. The number of fused-ring (bicyclic) bond motifs is 4. The highest BCUT2D eigenvalue weighted by molar-refractivity contribution is 7.15. The van der Waals surface area contributed by atoms with Crippen molar-refractivity contribution in [3.05, 3.63) is 75.4 Å². The summed E-state index contributed by atoms with van der Waals surface area (Å²) in [6, 6.07) is 11.7. The van der Waals surface area contributed by atoms with E-state index < -0.39 is 5.60 Å². The molecule has 2 aliphatic rings. The molecule has 124 valence electrons. The van der Waals surface area contributed by atoms with Crippen LogP contribution in [0.1, 0.15) is 39.2 Å². The van der Waals surface area contributed by atoms with Crippen LogP contribution in [0.2, 0.25) is 5.02 Å². The third-order valence-corrected chi connectivity index (χ3v) is 6.52. The van der Waals surface area contributed by atoms with Gasteiger partial charge in [0, 0.05) is 38.3 Å². The molecule has 0 N–H and O–H groups in total. The number of aryl methyl sites for hydroxylation is 1. The fourth-order valence-electron chi connectivity index (χ4n) is 3.94. The van der Waals surface area contributed by atoms with Gasteiger partial charge in [0.2, 0.25) is 0 Å². The summed E-state index contributed by atoms with van der Waals surface area (Å²) in [6.07, 6.45) is 6.44. The van der Waals surface area contributed by atoms with Crippen molar-refractivity contribution >= 4 is 28.9 Å². The number of hydrogen-bond donors (Lipinski definition) is 0. The third kappa shape index (κ3) is 2.17. The van der Waals surface area contributed by atoms with Crippen molar-refractivity contribution < 1.29 is 9.53 Å². The van der Waals surface area contributed by atoms with Crippen LogP contribution in [0, 0.1) is 0 Å². The molecular weight excluding hydrogens is 354 g/mol.